The molecule has 1 unspecified atom stereocenters. The molecule has 0 radical (unpaired) electrons. The third-order valence-electron chi connectivity index (χ3n) is 2.08. The minimum Gasteiger partial charge on any atom is -0.464 e. The van der Waals surface area contributed by atoms with Gasteiger partial charge in [0, 0.05) is 13.6 Å². The normalized spacial score (nSPS) is 12.6. The number of alkyl halides is 1. The fourth-order valence-corrected chi connectivity index (χ4v) is 1.27. The summed E-state index contributed by atoms with van der Waals surface area (Å²) >= 11 is 0. The number of aromatic nitrogens is 1. The Morgan fingerprint density at radius 2 is 2.36 bits per heavy atom. The summed E-state index contributed by atoms with van der Waals surface area (Å²) in [5.74, 6) is -0.483. The van der Waals surface area contributed by atoms with Crippen LogP contribution in [-0.4, -0.2) is 24.2 Å². The standard InChI is InChI=1S/C9H13FN2O2/c1-12-7(6(10)5-11)3-4-8(12)9(13)14-2/h3-4,6H,5,11H2,1-2H3. The first kappa shape index (κ1) is 10.7. The molecule has 1 aromatic heterocycles. The highest BCUT2D eigenvalue weighted by Crippen LogP contribution is 2.18. The van der Waals surface area contributed by atoms with E-state index < -0.39 is 12.1 Å². The third kappa shape index (κ3) is 1.77. The summed E-state index contributed by atoms with van der Waals surface area (Å²) in [5, 5.41) is 0. The van der Waals surface area contributed by atoms with Gasteiger partial charge in [0.25, 0.3) is 0 Å². The van der Waals surface area contributed by atoms with Gasteiger partial charge in [0.2, 0.25) is 0 Å². The minimum atomic E-state index is -1.25. The Kier molecular flexibility index (Phi) is 3.24. The Bertz CT molecular complexity index is 336. The highest BCUT2D eigenvalue weighted by molar-refractivity contribution is 5.87. The molecule has 78 valence electrons. The fraction of sp³-hybridized carbons (Fsp3) is 0.444. The van der Waals surface area contributed by atoms with E-state index in [1.807, 2.05) is 0 Å². The first-order valence-corrected chi connectivity index (χ1v) is 4.19. The van der Waals surface area contributed by atoms with Crippen molar-refractivity contribution in [2.45, 2.75) is 6.17 Å². The lowest BCUT2D eigenvalue weighted by Gasteiger charge is -2.08. The predicted octanol–water partition coefficient (Wildman–Crippen LogP) is 0.781. The number of ether oxygens (including phenoxy) is 1. The van der Waals surface area contributed by atoms with Gasteiger partial charge in [-0.15, -0.1) is 0 Å². The van der Waals surface area contributed by atoms with E-state index in [0.29, 0.717) is 11.4 Å². The number of carbonyl (C=O) groups is 1. The van der Waals surface area contributed by atoms with Crippen LogP contribution < -0.4 is 5.73 Å². The molecular weight excluding hydrogens is 187 g/mol. The molecular formula is C9H13FN2O2. The van der Waals surface area contributed by atoms with Gasteiger partial charge in [0.1, 0.15) is 5.69 Å². The Hall–Kier alpha value is -1.36. The lowest BCUT2D eigenvalue weighted by molar-refractivity contribution is 0.0589. The lowest BCUT2D eigenvalue weighted by atomic mass is 10.3. The van der Waals surface area contributed by atoms with E-state index in [4.69, 9.17) is 5.73 Å². The summed E-state index contributed by atoms with van der Waals surface area (Å²) in [7, 11) is 2.88. The van der Waals surface area contributed by atoms with Crippen molar-refractivity contribution in [2.75, 3.05) is 13.7 Å². The van der Waals surface area contributed by atoms with Crippen molar-refractivity contribution < 1.29 is 13.9 Å². The van der Waals surface area contributed by atoms with E-state index in [1.54, 1.807) is 7.05 Å². The number of nitrogens with zero attached hydrogens (tertiary/aromatic N) is 1. The van der Waals surface area contributed by atoms with Crippen molar-refractivity contribution in [3.8, 4) is 0 Å². The third-order valence-corrected chi connectivity index (χ3v) is 2.08. The smallest absolute Gasteiger partial charge is 0.354 e. The number of methoxy groups -OCH3 is 1. The van der Waals surface area contributed by atoms with Crippen molar-refractivity contribution >= 4 is 5.97 Å². The molecule has 0 aromatic carbocycles. The van der Waals surface area contributed by atoms with Gasteiger partial charge in [-0.3, -0.25) is 0 Å². The zero-order valence-corrected chi connectivity index (χ0v) is 8.16. The Balaban J connectivity index is 3.02. The van der Waals surface area contributed by atoms with Crippen LogP contribution in [0, 0.1) is 0 Å². The van der Waals surface area contributed by atoms with Crippen molar-refractivity contribution in [3.63, 3.8) is 0 Å². The molecule has 0 saturated heterocycles. The Morgan fingerprint density at radius 3 is 2.86 bits per heavy atom. The maximum Gasteiger partial charge on any atom is 0.354 e. The lowest BCUT2D eigenvalue weighted by Crippen LogP contribution is -2.14. The molecule has 0 spiro atoms. The molecule has 1 rings (SSSR count). The van der Waals surface area contributed by atoms with E-state index in [1.165, 1.54) is 23.8 Å². The number of halogens is 1. The van der Waals surface area contributed by atoms with Crippen LogP contribution in [0.25, 0.3) is 0 Å². The molecule has 0 fully saturated rings. The van der Waals surface area contributed by atoms with Gasteiger partial charge in [-0.2, -0.15) is 0 Å². The topological polar surface area (TPSA) is 57.2 Å². The van der Waals surface area contributed by atoms with E-state index in [2.05, 4.69) is 4.74 Å². The zero-order valence-electron chi connectivity index (χ0n) is 8.16. The number of nitrogens with two attached hydrogens (primary N) is 1. The first-order valence-electron chi connectivity index (χ1n) is 4.19. The molecule has 0 aliphatic rings. The molecule has 4 nitrogen and oxygen atoms in total. The van der Waals surface area contributed by atoms with Crippen molar-refractivity contribution in [2.24, 2.45) is 12.8 Å². The van der Waals surface area contributed by atoms with Crippen LogP contribution in [0.4, 0.5) is 4.39 Å². The van der Waals surface area contributed by atoms with Gasteiger partial charge in [0.05, 0.1) is 12.8 Å². The van der Waals surface area contributed by atoms with Gasteiger partial charge < -0.3 is 15.0 Å². The summed E-state index contributed by atoms with van der Waals surface area (Å²) in [5.41, 5.74) is 5.89. The minimum absolute atomic E-state index is 0.0987. The van der Waals surface area contributed by atoms with Crippen LogP contribution in [0.1, 0.15) is 22.4 Å². The van der Waals surface area contributed by atoms with Crippen LogP contribution in [0.3, 0.4) is 0 Å². The second kappa shape index (κ2) is 4.23. The maximum absolute atomic E-state index is 13.2. The van der Waals surface area contributed by atoms with Gasteiger partial charge in [0.15, 0.2) is 6.17 Å². The van der Waals surface area contributed by atoms with Gasteiger partial charge in [-0.1, -0.05) is 0 Å². The quantitative estimate of drug-likeness (QED) is 0.733. The molecule has 0 aliphatic heterocycles. The largest absolute Gasteiger partial charge is 0.464 e. The number of hydrogen-bond donors (Lipinski definition) is 1. The van der Waals surface area contributed by atoms with Gasteiger partial charge in [-0.25, -0.2) is 9.18 Å². The molecule has 0 aliphatic carbocycles. The number of esters is 1. The molecule has 5 heteroatoms. The molecule has 1 heterocycles. The number of rotatable bonds is 3. The summed E-state index contributed by atoms with van der Waals surface area (Å²) in [4.78, 5) is 11.2. The Morgan fingerprint density at radius 1 is 1.71 bits per heavy atom. The highest BCUT2D eigenvalue weighted by atomic mass is 19.1. The van der Waals surface area contributed by atoms with Crippen LogP contribution >= 0.6 is 0 Å². The van der Waals surface area contributed by atoms with Crippen molar-refractivity contribution in [1.82, 2.24) is 4.57 Å². The van der Waals surface area contributed by atoms with Crippen LogP contribution in [0.15, 0.2) is 12.1 Å². The predicted molar refractivity (Wildman–Crippen MR) is 49.7 cm³/mol. The monoisotopic (exact) mass is 200 g/mol. The summed E-state index contributed by atoms with van der Waals surface area (Å²) in [6, 6.07) is 3.05. The highest BCUT2D eigenvalue weighted by Gasteiger charge is 2.17. The summed E-state index contributed by atoms with van der Waals surface area (Å²) in [6.45, 7) is -0.0987. The van der Waals surface area contributed by atoms with Gasteiger partial charge in [-0.05, 0) is 12.1 Å². The number of hydrogen-bond acceptors (Lipinski definition) is 3. The average Bonchev–Trinajstić information content (AvgIpc) is 2.58. The summed E-state index contributed by atoms with van der Waals surface area (Å²) in [6.07, 6.45) is -1.25. The molecule has 2 N–H and O–H groups in total. The zero-order chi connectivity index (χ0) is 10.7. The molecule has 1 aromatic rings. The second-order valence-electron chi connectivity index (χ2n) is 2.90. The SMILES string of the molecule is COC(=O)c1ccc(C(F)CN)n1C. The fourth-order valence-electron chi connectivity index (χ4n) is 1.27. The molecule has 14 heavy (non-hydrogen) atoms. The molecule has 1 atom stereocenters. The van der Waals surface area contributed by atoms with Crippen molar-refractivity contribution in [1.29, 1.82) is 0 Å². The summed E-state index contributed by atoms with van der Waals surface area (Å²) < 4.78 is 19.2. The van der Waals surface area contributed by atoms with Crippen molar-refractivity contribution in [3.05, 3.63) is 23.5 Å². The second-order valence-corrected chi connectivity index (χ2v) is 2.90. The van der Waals surface area contributed by atoms with E-state index >= 15 is 0 Å². The van der Waals surface area contributed by atoms with Crippen LogP contribution in [0.5, 0.6) is 0 Å². The first-order chi connectivity index (χ1) is 6.61. The molecule has 0 bridgehead atoms. The molecule has 0 amide bonds. The van der Waals surface area contributed by atoms with E-state index in [9.17, 15) is 9.18 Å². The van der Waals surface area contributed by atoms with E-state index in [-0.39, 0.29) is 6.54 Å². The maximum atomic E-state index is 13.2. The average molecular weight is 200 g/mol. The van der Waals surface area contributed by atoms with E-state index in [0.717, 1.165) is 0 Å². The molecule has 0 saturated carbocycles. The van der Waals surface area contributed by atoms with Gasteiger partial charge >= 0.3 is 5.97 Å². The Labute approximate surface area is 81.5 Å². The van der Waals surface area contributed by atoms with Crippen LogP contribution in [-0.2, 0) is 11.8 Å². The van der Waals surface area contributed by atoms with Crippen LogP contribution in [0.2, 0.25) is 0 Å². The number of carbonyl (C=O) groups excluding carboxylic acids is 1.